The van der Waals surface area contributed by atoms with Crippen molar-refractivity contribution in [1.82, 2.24) is 30.4 Å². The Labute approximate surface area is 229 Å². The number of hydrogen-bond acceptors (Lipinski definition) is 9. The first-order valence-corrected chi connectivity index (χ1v) is 14.0. The number of rotatable bonds is 6. The highest BCUT2D eigenvalue weighted by Gasteiger charge is 2.37. The predicted molar refractivity (Wildman–Crippen MR) is 143 cm³/mol. The average molecular weight is 559 g/mol. The van der Waals surface area contributed by atoms with Crippen LogP contribution in [0.5, 0.6) is 11.8 Å². The molecule has 6 heterocycles. The topological polar surface area (TPSA) is 94.7 Å². The fourth-order valence-corrected chi connectivity index (χ4v) is 6.75. The molecule has 40 heavy (non-hydrogen) atoms. The highest BCUT2D eigenvalue weighted by atomic mass is 19.4. The molecule has 3 fully saturated rings. The SMILES string of the molecule is CN1CCC[C@H]1COc1nc2c(c(N3CC4CCC(C3)N4)n1)CCN(c1c(OC(F)(F)F)ccc3[nH]ncc13)C2. The summed E-state index contributed by atoms with van der Waals surface area (Å²) in [6.07, 6.45) is 1.83. The summed E-state index contributed by atoms with van der Waals surface area (Å²) >= 11 is 0. The lowest BCUT2D eigenvalue weighted by Gasteiger charge is -2.37. The Bertz CT molecular complexity index is 1390. The van der Waals surface area contributed by atoms with Crippen LogP contribution in [-0.2, 0) is 13.0 Å². The molecule has 10 nitrogen and oxygen atoms in total. The summed E-state index contributed by atoms with van der Waals surface area (Å²) in [7, 11) is 2.10. The second-order valence-electron chi connectivity index (χ2n) is 11.3. The van der Waals surface area contributed by atoms with Gasteiger partial charge in [-0.2, -0.15) is 15.1 Å². The first kappa shape index (κ1) is 25.6. The fourth-order valence-electron chi connectivity index (χ4n) is 6.75. The zero-order valence-electron chi connectivity index (χ0n) is 22.4. The van der Waals surface area contributed by atoms with E-state index >= 15 is 0 Å². The quantitative estimate of drug-likeness (QED) is 0.473. The lowest BCUT2D eigenvalue weighted by molar-refractivity contribution is -0.274. The minimum Gasteiger partial charge on any atom is -0.462 e. The summed E-state index contributed by atoms with van der Waals surface area (Å²) < 4.78 is 50.7. The monoisotopic (exact) mass is 558 g/mol. The van der Waals surface area contributed by atoms with Crippen molar-refractivity contribution in [2.75, 3.05) is 49.6 Å². The molecule has 0 aliphatic carbocycles. The molecule has 214 valence electrons. The molecule has 0 radical (unpaired) electrons. The Morgan fingerprint density at radius 3 is 2.62 bits per heavy atom. The largest absolute Gasteiger partial charge is 0.573 e. The van der Waals surface area contributed by atoms with Crippen LogP contribution in [0.2, 0.25) is 0 Å². The molecule has 0 amide bonds. The number of likely N-dealkylation sites (N-methyl/N-ethyl adjacent to an activating group) is 1. The van der Waals surface area contributed by atoms with Crippen molar-refractivity contribution in [3.63, 3.8) is 0 Å². The molecule has 13 heteroatoms. The number of likely N-dealkylation sites (tertiary alicyclic amines) is 1. The van der Waals surface area contributed by atoms with E-state index in [-0.39, 0.29) is 5.75 Å². The van der Waals surface area contributed by atoms with Gasteiger partial charge in [-0.15, -0.1) is 13.2 Å². The van der Waals surface area contributed by atoms with Gasteiger partial charge in [-0.05, 0) is 57.8 Å². The third-order valence-corrected chi connectivity index (χ3v) is 8.72. The molecule has 0 saturated carbocycles. The second kappa shape index (κ2) is 9.95. The van der Waals surface area contributed by atoms with Gasteiger partial charge in [-0.25, -0.2) is 0 Å². The molecule has 0 spiro atoms. The van der Waals surface area contributed by atoms with Crippen molar-refractivity contribution in [3.05, 3.63) is 29.6 Å². The number of anilines is 2. The number of benzene rings is 1. The average Bonchev–Trinajstić information content (AvgIpc) is 3.65. The highest BCUT2D eigenvalue weighted by molar-refractivity contribution is 5.95. The molecule has 3 saturated heterocycles. The Kier molecular flexibility index (Phi) is 6.38. The molecule has 1 aromatic carbocycles. The maximum absolute atomic E-state index is 13.4. The van der Waals surface area contributed by atoms with Crippen molar-refractivity contribution in [3.8, 4) is 11.8 Å². The molecule has 3 atom stereocenters. The first-order valence-electron chi connectivity index (χ1n) is 14.0. The molecular formula is C27H33F3N8O2. The van der Waals surface area contributed by atoms with Crippen LogP contribution in [0.25, 0.3) is 10.9 Å². The van der Waals surface area contributed by atoms with Crippen LogP contribution < -0.4 is 24.6 Å². The number of fused-ring (bicyclic) bond motifs is 4. The molecule has 4 aliphatic rings. The maximum Gasteiger partial charge on any atom is 0.573 e. The van der Waals surface area contributed by atoms with E-state index in [1.807, 2.05) is 4.90 Å². The van der Waals surface area contributed by atoms with Gasteiger partial charge in [0.25, 0.3) is 0 Å². The van der Waals surface area contributed by atoms with Gasteiger partial charge >= 0.3 is 12.4 Å². The van der Waals surface area contributed by atoms with E-state index in [9.17, 15) is 13.2 Å². The number of nitrogens with zero attached hydrogens (tertiary/aromatic N) is 6. The molecule has 3 aromatic rings. The number of ether oxygens (including phenoxy) is 2. The smallest absolute Gasteiger partial charge is 0.462 e. The van der Waals surface area contributed by atoms with Gasteiger partial charge in [0.15, 0.2) is 5.75 Å². The highest BCUT2D eigenvalue weighted by Crippen LogP contribution is 2.41. The lowest BCUT2D eigenvalue weighted by atomic mass is 10.0. The molecular weight excluding hydrogens is 525 g/mol. The van der Waals surface area contributed by atoms with Crippen molar-refractivity contribution < 1.29 is 22.6 Å². The van der Waals surface area contributed by atoms with Gasteiger partial charge < -0.3 is 29.5 Å². The van der Waals surface area contributed by atoms with Crippen molar-refractivity contribution in [2.45, 2.75) is 63.1 Å². The van der Waals surface area contributed by atoms with E-state index in [0.717, 1.165) is 62.4 Å². The van der Waals surface area contributed by atoms with E-state index in [1.165, 1.54) is 12.3 Å². The number of nitrogens with one attached hydrogen (secondary N) is 2. The number of halogens is 3. The van der Waals surface area contributed by atoms with Crippen LogP contribution >= 0.6 is 0 Å². The Balaban J connectivity index is 1.24. The number of aromatic amines is 1. The maximum atomic E-state index is 13.4. The summed E-state index contributed by atoms with van der Waals surface area (Å²) in [5.41, 5.74) is 2.81. The molecule has 7 rings (SSSR count). The normalized spacial score (nSPS) is 25.1. The van der Waals surface area contributed by atoms with Crippen molar-refractivity contribution >= 4 is 22.4 Å². The van der Waals surface area contributed by atoms with Crippen LogP contribution in [-0.4, -0.2) is 89.4 Å². The van der Waals surface area contributed by atoms with Crippen LogP contribution in [0.15, 0.2) is 18.3 Å². The van der Waals surface area contributed by atoms with Gasteiger partial charge in [0.05, 0.1) is 29.6 Å². The van der Waals surface area contributed by atoms with E-state index in [4.69, 9.17) is 14.7 Å². The van der Waals surface area contributed by atoms with Crippen molar-refractivity contribution in [2.24, 2.45) is 0 Å². The minimum absolute atomic E-state index is 0.251. The van der Waals surface area contributed by atoms with Crippen molar-refractivity contribution in [1.29, 1.82) is 0 Å². The number of aromatic nitrogens is 4. The zero-order chi connectivity index (χ0) is 27.4. The number of H-pyrrole nitrogens is 1. The number of hydrogen-bond donors (Lipinski definition) is 2. The van der Waals surface area contributed by atoms with Crippen LogP contribution in [0, 0.1) is 0 Å². The van der Waals surface area contributed by atoms with E-state index in [2.05, 4.69) is 37.1 Å². The summed E-state index contributed by atoms with van der Waals surface area (Å²) in [5, 5.41) is 11.2. The Hall–Kier alpha value is -3.32. The zero-order valence-corrected chi connectivity index (χ0v) is 22.4. The summed E-state index contributed by atoms with van der Waals surface area (Å²) in [5.74, 6) is 0.643. The van der Waals surface area contributed by atoms with Crippen LogP contribution in [0.1, 0.15) is 36.9 Å². The lowest BCUT2D eigenvalue weighted by Crippen LogP contribution is -2.52. The summed E-state index contributed by atoms with van der Waals surface area (Å²) in [6.45, 7) is 4.09. The predicted octanol–water partition coefficient (Wildman–Crippen LogP) is 3.23. The summed E-state index contributed by atoms with van der Waals surface area (Å²) in [4.78, 5) is 16.3. The fraction of sp³-hybridized carbons (Fsp3) is 0.593. The number of piperazine rings is 1. The molecule has 4 aliphatic heterocycles. The standard InChI is InChI=1S/C27H33F3N8O2/c1-36-9-2-3-18(36)15-39-26-33-22-14-37(24-20-11-31-35-21(20)6-7-23(24)40-27(28,29)30)10-8-19(22)25(34-26)38-12-16-4-5-17(13-38)32-16/h6-7,11,16-18,32H,2-5,8-10,12-15H2,1H3,(H,31,35)/t16?,17?,18-/m0/s1. The van der Waals surface area contributed by atoms with E-state index in [0.29, 0.717) is 66.8 Å². The van der Waals surface area contributed by atoms with Crippen LogP contribution in [0.4, 0.5) is 24.7 Å². The molecule has 2 N–H and O–H groups in total. The number of alkyl halides is 3. The van der Waals surface area contributed by atoms with Crippen LogP contribution in [0.3, 0.4) is 0 Å². The van der Waals surface area contributed by atoms with Gasteiger partial charge in [-0.3, -0.25) is 5.10 Å². The third-order valence-electron chi connectivity index (χ3n) is 8.72. The van der Waals surface area contributed by atoms with E-state index < -0.39 is 6.36 Å². The first-order chi connectivity index (χ1) is 19.3. The Morgan fingerprint density at radius 2 is 1.88 bits per heavy atom. The van der Waals surface area contributed by atoms with Gasteiger partial charge in [0.2, 0.25) is 0 Å². The summed E-state index contributed by atoms with van der Waals surface area (Å²) in [6, 6.07) is 4.40. The Morgan fingerprint density at radius 1 is 1.05 bits per heavy atom. The van der Waals surface area contributed by atoms with Gasteiger partial charge in [-0.1, -0.05) is 0 Å². The molecule has 2 bridgehead atoms. The third kappa shape index (κ3) is 4.89. The molecule has 2 aromatic heterocycles. The second-order valence-corrected chi connectivity index (χ2v) is 11.3. The van der Waals surface area contributed by atoms with Gasteiger partial charge in [0, 0.05) is 48.7 Å². The van der Waals surface area contributed by atoms with Gasteiger partial charge in [0.1, 0.15) is 12.4 Å². The molecule has 2 unspecified atom stereocenters. The minimum atomic E-state index is -4.81. The van der Waals surface area contributed by atoms with E-state index in [1.54, 1.807) is 6.07 Å².